The van der Waals surface area contributed by atoms with Gasteiger partial charge in [0.2, 0.25) is 17.7 Å². The van der Waals surface area contributed by atoms with Crippen molar-refractivity contribution in [3.63, 3.8) is 0 Å². The molecule has 0 spiro atoms. The lowest BCUT2D eigenvalue weighted by Gasteiger charge is -2.39. The summed E-state index contributed by atoms with van der Waals surface area (Å²) in [6.45, 7) is 6.30. The van der Waals surface area contributed by atoms with Gasteiger partial charge in [0.15, 0.2) is 0 Å². The molecule has 3 aliphatic heterocycles. The van der Waals surface area contributed by atoms with E-state index in [1.54, 1.807) is 30.1 Å². The maximum atomic E-state index is 14.0. The topological polar surface area (TPSA) is 90.0 Å². The third-order valence-electron chi connectivity index (χ3n) is 7.94. The molecule has 14 heteroatoms. The van der Waals surface area contributed by atoms with Gasteiger partial charge < -0.3 is 14.7 Å². The zero-order valence-electron chi connectivity index (χ0n) is 23.2. The number of nitrogens with zero attached hydrogens (tertiary/aromatic N) is 6. The Bertz CT molecular complexity index is 1650. The summed E-state index contributed by atoms with van der Waals surface area (Å²) in [7, 11) is 1.56. The highest BCUT2D eigenvalue weighted by molar-refractivity contribution is 7.11. The molecule has 224 valence electrons. The van der Waals surface area contributed by atoms with Crippen molar-refractivity contribution in [1.29, 1.82) is 0 Å². The number of hydrogen-bond acceptors (Lipinski definition) is 7. The van der Waals surface area contributed by atoms with E-state index in [9.17, 15) is 27.6 Å². The first kappa shape index (κ1) is 29.1. The molecule has 3 aromatic rings. The number of halogens is 4. The van der Waals surface area contributed by atoms with E-state index in [2.05, 4.69) is 11.6 Å². The minimum atomic E-state index is -4.65. The third kappa shape index (κ3) is 5.14. The number of benzene rings is 1. The number of hydrogen-bond donors (Lipinski definition) is 0. The minimum absolute atomic E-state index is 0.0650. The highest BCUT2D eigenvalue weighted by atomic mass is 35.5. The summed E-state index contributed by atoms with van der Waals surface area (Å²) in [4.78, 5) is 55.6. The van der Waals surface area contributed by atoms with Crippen molar-refractivity contribution in [2.75, 3.05) is 28.3 Å². The van der Waals surface area contributed by atoms with Crippen molar-refractivity contribution < 1.29 is 27.6 Å². The molecule has 5 heterocycles. The molecule has 3 aliphatic rings. The normalized spacial score (nSPS) is 20.1. The van der Waals surface area contributed by atoms with E-state index >= 15 is 0 Å². The number of para-hydroxylation sites is 1. The number of carbonyl (C=O) groups is 3. The zero-order chi connectivity index (χ0) is 30.8. The Balaban J connectivity index is 1.38. The van der Waals surface area contributed by atoms with Crippen LogP contribution in [0.15, 0.2) is 43.0 Å². The van der Waals surface area contributed by atoms with E-state index in [0.717, 1.165) is 32.6 Å². The van der Waals surface area contributed by atoms with Crippen LogP contribution in [0.25, 0.3) is 0 Å². The molecular formula is C29H26ClF3N6O3S. The monoisotopic (exact) mass is 630 g/mol. The molecule has 3 amide bonds. The van der Waals surface area contributed by atoms with Crippen LogP contribution in [-0.4, -0.2) is 52.2 Å². The highest BCUT2D eigenvalue weighted by Crippen LogP contribution is 2.44. The van der Waals surface area contributed by atoms with Gasteiger partial charge in [-0.25, -0.2) is 9.97 Å². The van der Waals surface area contributed by atoms with Crippen LogP contribution >= 0.6 is 22.9 Å². The number of amides is 3. The van der Waals surface area contributed by atoms with Gasteiger partial charge in [-0.3, -0.25) is 19.3 Å². The van der Waals surface area contributed by atoms with Gasteiger partial charge in [-0.2, -0.15) is 13.2 Å². The first-order valence-electron chi connectivity index (χ1n) is 13.4. The quantitative estimate of drug-likeness (QED) is 0.379. The van der Waals surface area contributed by atoms with Crippen LogP contribution in [0.5, 0.6) is 0 Å². The molecule has 0 unspecified atom stereocenters. The van der Waals surface area contributed by atoms with Crippen LogP contribution in [0.2, 0.25) is 5.02 Å². The molecule has 9 nitrogen and oxygen atoms in total. The average molecular weight is 631 g/mol. The Kier molecular flexibility index (Phi) is 7.20. The number of aromatic nitrogens is 2. The summed E-state index contributed by atoms with van der Waals surface area (Å²) < 4.78 is 41.0. The van der Waals surface area contributed by atoms with Gasteiger partial charge in [-0.05, 0) is 37.3 Å². The van der Waals surface area contributed by atoms with Crippen molar-refractivity contribution in [1.82, 2.24) is 14.9 Å². The second kappa shape index (κ2) is 10.6. The maximum absolute atomic E-state index is 14.0. The van der Waals surface area contributed by atoms with Gasteiger partial charge in [0.25, 0.3) is 0 Å². The van der Waals surface area contributed by atoms with E-state index in [4.69, 9.17) is 16.6 Å². The molecule has 6 rings (SSSR count). The van der Waals surface area contributed by atoms with Crippen molar-refractivity contribution in [2.24, 2.45) is 5.92 Å². The Labute approximate surface area is 254 Å². The molecule has 0 saturated carbocycles. The predicted octanol–water partition coefficient (Wildman–Crippen LogP) is 4.95. The number of aryl methyl sites for hydroxylation is 1. The molecule has 0 aliphatic carbocycles. The molecule has 0 radical (unpaired) electrons. The van der Waals surface area contributed by atoms with Crippen molar-refractivity contribution in [3.05, 3.63) is 74.8 Å². The van der Waals surface area contributed by atoms with Gasteiger partial charge in [-0.15, -0.1) is 11.3 Å². The summed E-state index contributed by atoms with van der Waals surface area (Å²) in [6.07, 6.45) is -3.44. The number of alkyl halides is 3. The van der Waals surface area contributed by atoms with Crippen molar-refractivity contribution in [2.45, 2.75) is 45.2 Å². The first-order valence-corrected chi connectivity index (χ1v) is 14.6. The molecule has 43 heavy (non-hydrogen) atoms. The number of thiazole rings is 1. The van der Waals surface area contributed by atoms with Gasteiger partial charge in [-0.1, -0.05) is 24.2 Å². The lowest BCUT2D eigenvalue weighted by atomic mass is 9.95. The SMILES string of the molecule is C=CC(=O)N1Cc2nc(CN3C[C@H]4CC(=O)N(c5cc(C(F)(F)F)cc(C)n5)[C@@H]4C(=O)N(C)c4cccc(Cl)c43)sc2C1. The van der Waals surface area contributed by atoms with E-state index in [1.165, 1.54) is 29.2 Å². The van der Waals surface area contributed by atoms with E-state index in [0.29, 0.717) is 36.0 Å². The molecule has 0 N–H and O–H groups in total. The molecule has 2 atom stereocenters. The average Bonchev–Trinajstić information content (AvgIpc) is 3.61. The fraction of sp³-hybridized carbons (Fsp3) is 0.345. The number of likely N-dealkylation sites (N-methyl/N-ethyl adjacent to an activating group) is 1. The summed E-state index contributed by atoms with van der Waals surface area (Å²) in [5.41, 5.74) is 1.03. The number of carbonyl (C=O) groups excluding carboxylic acids is 3. The fourth-order valence-electron chi connectivity index (χ4n) is 6.02. The van der Waals surface area contributed by atoms with Crippen LogP contribution in [0, 0.1) is 12.8 Å². The van der Waals surface area contributed by atoms with Gasteiger partial charge in [0.05, 0.1) is 47.3 Å². The van der Waals surface area contributed by atoms with Gasteiger partial charge in [0.1, 0.15) is 16.9 Å². The van der Waals surface area contributed by atoms with Crippen LogP contribution in [-0.2, 0) is 40.2 Å². The van der Waals surface area contributed by atoms with Crippen molar-refractivity contribution >= 4 is 57.9 Å². The van der Waals surface area contributed by atoms with Crippen LogP contribution < -0.4 is 14.7 Å². The molecular weight excluding hydrogens is 605 g/mol. The van der Waals surface area contributed by atoms with Crippen LogP contribution in [0.3, 0.4) is 0 Å². The predicted molar refractivity (Wildman–Crippen MR) is 156 cm³/mol. The zero-order valence-corrected chi connectivity index (χ0v) is 24.8. The summed E-state index contributed by atoms with van der Waals surface area (Å²) in [5, 5.41) is 1.17. The van der Waals surface area contributed by atoms with E-state index < -0.39 is 35.5 Å². The summed E-state index contributed by atoms with van der Waals surface area (Å²) in [6, 6.07) is 5.81. The largest absolute Gasteiger partial charge is 0.416 e. The number of fused-ring (bicyclic) bond motifs is 3. The number of anilines is 3. The lowest BCUT2D eigenvalue weighted by molar-refractivity contribution is -0.137. The summed E-state index contributed by atoms with van der Waals surface area (Å²) in [5.74, 6) is -1.89. The summed E-state index contributed by atoms with van der Waals surface area (Å²) >= 11 is 8.19. The van der Waals surface area contributed by atoms with E-state index in [1.807, 2.05) is 4.90 Å². The Morgan fingerprint density at radius 3 is 2.67 bits per heavy atom. The number of rotatable bonds is 4. The second-order valence-corrected chi connectivity index (χ2v) is 12.4. The third-order valence-corrected chi connectivity index (χ3v) is 9.31. The molecule has 0 bridgehead atoms. The molecule has 1 aromatic carbocycles. The fourth-order valence-corrected chi connectivity index (χ4v) is 7.42. The molecule has 1 fully saturated rings. The smallest absolute Gasteiger partial charge is 0.361 e. The van der Waals surface area contributed by atoms with Gasteiger partial charge in [0, 0.05) is 36.5 Å². The number of pyridine rings is 1. The van der Waals surface area contributed by atoms with Crippen molar-refractivity contribution in [3.8, 4) is 0 Å². The molecule has 2 aromatic heterocycles. The highest BCUT2D eigenvalue weighted by Gasteiger charge is 2.49. The van der Waals surface area contributed by atoms with Crippen LogP contribution in [0.4, 0.5) is 30.4 Å². The first-order chi connectivity index (χ1) is 20.3. The standard InChI is InChI=1S/C29H26ClF3N6O3S/c1-4-24(40)37-12-19-21(13-37)43-23(35-19)14-38-11-16-9-25(41)39(22-10-17(29(31,32)33)8-15(2)34-22)26(16)28(42)36(3)20-7-5-6-18(30)27(20)38/h4-8,10,16,26H,1,9,11-14H2,2-3H3/t16-,26+/m1/s1. The van der Waals surface area contributed by atoms with Gasteiger partial charge >= 0.3 is 6.18 Å². The maximum Gasteiger partial charge on any atom is 0.416 e. The van der Waals surface area contributed by atoms with E-state index in [-0.39, 0.29) is 30.4 Å². The molecule has 1 saturated heterocycles. The Morgan fingerprint density at radius 1 is 1.21 bits per heavy atom. The Morgan fingerprint density at radius 2 is 1.98 bits per heavy atom. The Hall–Kier alpha value is -3.97. The second-order valence-electron chi connectivity index (χ2n) is 10.8. The minimum Gasteiger partial charge on any atom is -0.361 e. The lowest BCUT2D eigenvalue weighted by Crippen LogP contribution is -2.52. The van der Waals surface area contributed by atoms with Crippen LogP contribution in [0.1, 0.15) is 33.3 Å².